The quantitative estimate of drug-likeness (QED) is 0.667. The topological polar surface area (TPSA) is 52.4 Å². The number of para-hydroxylation sites is 1. The van der Waals surface area contributed by atoms with Crippen LogP contribution in [0.15, 0.2) is 42.5 Å². The van der Waals surface area contributed by atoms with Gasteiger partial charge in [-0.1, -0.05) is 18.2 Å². The van der Waals surface area contributed by atoms with Gasteiger partial charge in [-0.15, -0.1) is 0 Å². The van der Waals surface area contributed by atoms with Crippen LogP contribution in [0.25, 0.3) is 0 Å². The lowest BCUT2D eigenvalue weighted by Gasteiger charge is -2.31. The van der Waals surface area contributed by atoms with Crippen LogP contribution >= 0.6 is 0 Å². The Morgan fingerprint density at radius 3 is 2.32 bits per heavy atom. The van der Waals surface area contributed by atoms with E-state index in [-0.39, 0.29) is 11.8 Å². The number of nitrogens with one attached hydrogen (secondary N) is 1. The first-order chi connectivity index (χ1) is 15.0. The van der Waals surface area contributed by atoms with Crippen molar-refractivity contribution in [3.05, 3.63) is 53.6 Å². The first-order valence-electron chi connectivity index (χ1n) is 11.0. The lowest BCUT2D eigenvalue weighted by Crippen LogP contribution is -3.11. The lowest BCUT2D eigenvalue weighted by atomic mass is 9.95. The van der Waals surface area contributed by atoms with E-state index in [4.69, 9.17) is 14.2 Å². The predicted octanol–water partition coefficient (Wildman–Crippen LogP) is 2.21. The minimum Gasteiger partial charge on any atom is -0.496 e. The van der Waals surface area contributed by atoms with Gasteiger partial charge in [0.2, 0.25) is 5.91 Å². The number of benzene rings is 2. The molecule has 1 fully saturated rings. The van der Waals surface area contributed by atoms with E-state index in [0.29, 0.717) is 6.54 Å². The van der Waals surface area contributed by atoms with E-state index in [0.717, 1.165) is 61.7 Å². The molecule has 168 valence electrons. The summed E-state index contributed by atoms with van der Waals surface area (Å²) in [6.07, 6.45) is 2.66. The third kappa shape index (κ3) is 5.91. The Morgan fingerprint density at radius 2 is 1.65 bits per heavy atom. The Hall–Kier alpha value is -2.73. The molecule has 6 nitrogen and oxygen atoms in total. The Balaban J connectivity index is 1.47. The van der Waals surface area contributed by atoms with Crippen LogP contribution in [0.4, 0.5) is 0 Å². The number of rotatable bonds is 9. The summed E-state index contributed by atoms with van der Waals surface area (Å²) in [5.41, 5.74) is 2.37. The average Bonchev–Trinajstić information content (AvgIpc) is 2.82. The van der Waals surface area contributed by atoms with Crippen LogP contribution in [-0.4, -0.2) is 58.8 Å². The highest BCUT2D eigenvalue weighted by molar-refractivity contribution is 5.78. The maximum Gasteiger partial charge on any atom is 0.225 e. The third-order valence-electron chi connectivity index (χ3n) is 6.23. The van der Waals surface area contributed by atoms with Crippen molar-refractivity contribution in [2.75, 3.05) is 48.0 Å². The maximum absolute atomic E-state index is 13.0. The molecule has 0 aromatic heterocycles. The first-order valence-corrected chi connectivity index (χ1v) is 11.0. The second-order valence-corrected chi connectivity index (χ2v) is 8.21. The standard InChI is InChI=1S/C25H34N2O4/c1-26(14-11-19-9-10-23(30-3)24(17-19)31-4)25(28)20-12-15-27(16-13-20)18-21-7-5-6-8-22(21)29-2/h5-10,17,20H,11-16,18H2,1-4H3/p+1. The number of ether oxygens (including phenoxy) is 3. The van der Waals surface area contributed by atoms with Crippen LogP contribution in [0.1, 0.15) is 24.0 Å². The molecular formula is C25H35N2O4+. The Bertz CT molecular complexity index is 862. The molecule has 1 aliphatic rings. The molecule has 0 spiro atoms. The normalized spacial score (nSPS) is 18.3. The number of carbonyl (C=O) groups excluding carboxylic acids is 1. The number of methoxy groups -OCH3 is 3. The van der Waals surface area contributed by atoms with Gasteiger partial charge in [0.1, 0.15) is 12.3 Å². The molecule has 1 amide bonds. The molecule has 0 bridgehead atoms. The van der Waals surface area contributed by atoms with Crippen molar-refractivity contribution in [2.45, 2.75) is 25.8 Å². The molecule has 3 rings (SSSR count). The smallest absolute Gasteiger partial charge is 0.225 e. The van der Waals surface area contributed by atoms with Gasteiger partial charge in [-0.2, -0.15) is 0 Å². The van der Waals surface area contributed by atoms with Gasteiger partial charge in [0.25, 0.3) is 0 Å². The van der Waals surface area contributed by atoms with Gasteiger partial charge < -0.3 is 24.0 Å². The van der Waals surface area contributed by atoms with Crippen molar-refractivity contribution in [2.24, 2.45) is 5.92 Å². The van der Waals surface area contributed by atoms with Gasteiger partial charge in [-0.05, 0) is 36.2 Å². The number of carbonyl (C=O) groups is 1. The van der Waals surface area contributed by atoms with E-state index in [1.54, 1.807) is 21.3 Å². The number of amides is 1. The van der Waals surface area contributed by atoms with Crippen LogP contribution in [0.5, 0.6) is 17.2 Å². The van der Waals surface area contributed by atoms with Crippen molar-refractivity contribution >= 4 is 5.91 Å². The van der Waals surface area contributed by atoms with Crippen molar-refractivity contribution in [1.82, 2.24) is 4.90 Å². The second kappa shape index (κ2) is 11.0. The first kappa shape index (κ1) is 22.9. The number of piperidine rings is 1. The summed E-state index contributed by atoms with van der Waals surface area (Å²) in [4.78, 5) is 16.4. The van der Waals surface area contributed by atoms with Crippen LogP contribution < -0.4 is 19.1 Å². The molecule has 2 aromatic carbocycles. The van der Waals surface area contributed by atoms with E-state index < -0.39 is 0 Å². The summed E-state index contributed by atoms with van der Waals surface area (Å²) in [7, 11) is 6.90. The number of hydrogen-bond donors (Lipinski definition) is 1. The maximum atomic E-state index is 13.0. The average molecular weight is 428 g/mol. The molecule has 0 saturated carbocycles. The number of quaternary nitrogens is 1. The fourth-order valence-electron chi connectivity index (χ4n) is 4.32. The Kier molecular flexibility index (Phi) is 8.18. The fraction of sp³-hybridized carbons (Fsp3) is 0.480. The highest BCUT2D eigenvalue weighted by Crippen LogP contribution is 2.27. The third-order valence-corrected chi connectivity index (χ3v) is 6.23. The monoisotopic (exact) mass is 427 g/mol. The Morgan fingerprint density at radius 1 is 0.968 bits per heavy atom. The number of likely N-dealkylation sites (tertiary alicyclic amines) is 1. The SMILES string of the molecule is COc1ccccc1C[NH+]1CCC(C(=O)N(C)CCc2ccc(OC)c(OC)c2)CC1. The summed E-state index contributed by atoms with van der Waals surface area (Å²) >= 11 is 0. The predicted molar refractivity (Wildman–Crippen MR) is 121 cm³/mol. The minimum absolute atomic E-state index is 0.122. The van der Waals surface area contributed by atoms with Crippen molar-refractivity contribution in [3.8, 4) is 17.2 Å². The van der Waals surface area contributed by atoms with Crippen LogP contribution in [0.3, 0.4) is 0 Å². The van der Waals surface area contributed by atoms with Crippen molar-refractivity contribution in [3.63, 3.8) is 0 Å². The van der Waals surface area contributed by atoms with Gasteiger partial charge in [-0.3, -0.25) is 4.79 Å². The largest absolute Gasteiger partial charge is 0.496 e. The van der Waals surface area contributed by atoms with Gasteiger partial charge in [0.15, 0.2) is 11.5 Å². The molecular weight excluding hydrogens is 392 g/mol. The van der Waals surface area contributed by atoms with Crippen molar-refractivity contribution < 1.29 is 23.9 Å². The van der Waals surface area contributed by atoms with Gasteiger partial charge in [0.05, 0.1) is 34.4 Å². The van der Waals surface area contributed by atoms with E-state index in [1.807, 2.05) is 42.3 Å². The molecule has 0 aliphatic carbocycles. The summed E-state index contributed by atoms with van der Waals surface area (Å²) in [5.74, 6) is 2.77. The number of likely N-dealkylation sites (N-methyl/N-ethyl adjacent to an activating group) is 1. The Labute approximate surface area is 185 Å². The molecule has 1 saturated heterocycles. The van der Waals surface area contributed by atoms with E-state index >= 15 is 0 Å². The summed E-state index contributed by atoms with van der Waals surface area (Å²) in [6.45, 7) is 3.67. The second-order valence-electron chi connectivity index (χ2n) is 8.21. The highest BCUT2D eigenvalue weighted by Gasteiger charge is 2.29. The summed E-state index contributed by atoms with van der Waals surface area (Å²) in [5, 5.41) is 0. The zero-order valence-electron chi connectivity index (χ0n) is 19.1. The molecule has 2 aromatic rings. The van der Waals surface area contributed by atoms with Crippen LogP contribution in [0, 0.1) is 5.92 Å². The van der Waals surface area contributed by atoms with Crippen molar-refractivity contribution in [1.29, 1.82) is 0 Å². The van der Waals surface area contributed by atoms with E-state index in [9.17, 15) is 4.79 Å². The molecule has 1 aliphatic heterocycles. The minimum atomic E-state index is 0.122. The summed E-state index contributed by atoms with van der Waals surface area (Å²) < 4.78 is 16.2. The fourth-order valence-corrected chi connectivity index (χ4v) is 4.32. The van der Waals surface area contributed by atoms with Gasteiger partial charge in [-0.25, -0.2) is 0 Å². The van der Waals surface area contributed by atoms with Gasteiger partial charge >= 0.3 is 0 Å². The van der Waals surface area contributed by atoms with E-state index in [1.165, 1.54) is 10.5 Å². The molecule has 1 heterocycles. The lowest BCUT2D eigenvalue weighted by molar-refractivity contribution is -0.919. The zero-order valence-corrected chi connectivity index (χ0v) is 19.1. The number of hydrogen-bond acceptors (Lipinski definition) is 4. The highest BCUT2D eigenvalue weighted by atomic mass is 16.5. The zero-order chi connectivity index (χ0) is 22.2. The van der Waals surface area contributed by atoms with Crippen LogP contribution in [-0.2, 0) is 17.8 Å². The molecule has 6 heteroatoms. The molecule has 0 radical (unpaired) electrons. The van der Waals surface area contributed by atoms with E-state index in [2.05, 4.69) is 12.1 Å². The number of nitrogens with zero attached hydrogens (tertiary/aromatic N) is 1. The molecule has 0 atom stereocenters. The molecule has 0 unspecified atom stereocenters. The summed E-state index contributed by atoms with van der Waals surface area (Å²) in [6, 6.07) is 14.1. The van der Waals surface area contributed by atoms with Gasteiger partial charge in [0, 0.05) is 37.9 Å². The molecule has 1 N–H and O–H groups in total. The molecule has 31 heavy (non-hydrogen) atoms. The van der Waals surface area contributed by atoms with Crippen LogP contribution in [0.2, 0.25) is 0 Å².